The van der Waals surface area contributed by atoms with Gasteiger partial charge < -0.3 is 15.5 Å². The third kappa shape index (κ3) is 2.60. The fourth-order valence-electron chi connectivity index (χ4n) is 2.34. The number of nitrogens with one attached hydrogen (secondary N) is 1. The summed E-state index contributed by atoms with van der Waals surface area (Å²) in [7, 11) is 0. The van der Waals surface area contributed by atoms with Gasteiger partial charge in [-0.1, -0.05) is 18.2 Å². The van der Waals surface area contributed by atoms with Crippen LogP contribution >= 0.6 is 12.2 Å². The second kappa shape index (κ2) is 5.18. The first-order chi connectivity index (χ1) is 10.0. The second-order valence-electron chi connectivity index (χ2n) is 4.96. The Morgan fingerprint density at radius 1 is 1.19 bits per heavy atom. The number of hydrogen-bond acceptors (Lipinski definition) is 3. The predicted molar refractivity (Wildman–Crippen MR) is 89.3 cm³/mol. The highest BCUT2D eigenvalue weighted by Gasteiger charge is 2.13. The van der Waals surface area contributed by atoms with Crippen molar-refractivity contribution in [2.45, 2.75) is 13.8 Å². The van der Waals surface area contributed by atoms with Gasteiger partial charge in [0.15, 0.2) is 10.7 Å². The highest BCUT2D eigenvalue weighted by molar-refractivity contribution is 7.80. The van der Waals surface area contributed by atoms with Crippen LogP contribution in [0.5, 0.6) is 0 Å². The van der Waals surface area contributed by atoms with Crippen LogP contribution in [-0.2, 0) is 0 Å². The van der Waals surface area contributed by atoms with E-state index < -0.39 is 0 Å². The first-order valence-electron chi connectivity index (χ1n) is 6.58. The molecule has 0 radical (unpaired) electrons. The van der Waals surface area contributed by atoms with Gasteiger partial charge in [-0.15, -0.1) is 0 Å². The monoisotopic (exact) mass is 297 g/mol. The van der Waals surface area contributed by atoms with Crippen LogP contribution in [-0.4, -0.2) is 10.1 Å². The molecule has 0 atom stereocenters. The fraction of sp³-hybridized carbons (Fsp3) is 0.125. The van der Waals surface area contributed by atoms with E-state index >= 15 is 0 Å². The number of nitrogens with two attached hydrogens (primary N) is 1. The predicted octanol–water partition coefficient (Wildman–Crippen LogP) is 3.77. The minimum Gasteiger partial charge on any atom is -0.436 e. The number of anilines is 1. The zero-order chi connectivity index (χ0) is 15.0. The number of aromatic nitrogens is 1. The largest absolute Gasteiger partial charge is 0.436 e. The van der Waals surface area contributed by atoms with Gasteiger partial charge in [-0.25, -0.2) is 4.98 Å². The molecule has 0 saturated carbocycles. The molecular weight excluding hydrogens is 282 g/mol. The topological polar surface area (TPSA) is 64.1 Å². The number of rotatable bonds is 2. The van der Waals surface area contributed by atoms with E-state index in [-0.39, 0.29) is 5.11 Å². The Morgan fingerprint density at radius 2 is 1.95 bits per heavy atom. The van der Waals surface area contributed by atoms with E-state index in [4.69, 9.17) is 22.4 Å². The summed E-state index contributed by atoms with van der Waals surface area (Å²) in [5.74, 6) is 0.624. The van der Waals surface area contributed by atoms with Crippen LogP contribution in [0.2, 0.25) is 0 Å². The van der Waals surface area contributed by atoms with Crippen molar-refractivity contribution in [3.63, 3.8) is 0 Å². The quantitative estimate of drug-likeness (QED) is 0.705. The molecule has 0 saturated heterocycles. The molecule has 106 valence electrons. The van der Waals surface area contributed by atoms with Gasteiger partial charge in [-0.05, 0) is 55.4 Å². The molecule has 3 aromatic rings. The Balaban J connectivity index is 2.14. The number of nitrogens with zero attached hydrogens (tertiary/aromatic N) is 1. The lowest BCUT2D eigenvalue weighted by molar-refractivity contribution is 0.617. The van der Waals surface area contributed by atoms with Crippen LogP contribution in [0.15, 0.2) is 40.8 Å². The summed E-state index contributed by atoms with van der Waals surface area (Å²) >= 11 is 4.87. The SMILES string of the molecule is Cc1ccccc1-c1nc2cc(NC(N)=S)cc(C)c2o1. The molecular formula is C16H15N3OS. The standard InChI is InChI=1S/C16H15N3OS/c1-9-5-3-4-6-12(9)15-19-13-8-11(18-16(17)21)7-10(2)14(13)20-15/h3-8H,1-2H3,(H3,17,18,21). The average Bonchev–Trinajstić information content (AvgIpc) is 2.82. The summed E-state index contributed by atoms with van der Waals surface area (Å²) in [6, 6.07) is 11.8. The van der Waals surface area contributed by atoms with Gasteiger partial charge in [-0.2, -0.15) is 0 Å². The summed E-state index contributed by atoms with van der Waals surface area (Å²) in [5.41, 5.74) is 11.0. The number of benzene rings is 2. The van der Waals surface area contributed by atoms with Crippen molar-refractivity contribution in [2.24, 2.45) is 5.73 Å². The van der Waals surface area contributed by atoms with Crippen LogP contribution in [0.25, 0.3) is 22.6 Å². The zero-order valence-corrected chi connectivity index (χ0v) is 12.6. The smallest absolute Gasteiger partial charge is 0.227 e. The van der Waals surface area contributed by atoms with Crippen LogP contribution in [0, 0.1) is 13.8 Å². The van der Waals surface area contributed by atoms with E-state index in [9.17, 15) is 0 Å². The summed E-state index contributed by atoms with van der Waals surface area (Å²) in [5, 5.41) is 3.16. The van der Waals surface area contributed by atoms with E-state index in [2.05, 4.69) is 10.3 Å². The molecule has 0 fully saturated rings. The molecule has 0 amide bonds. The molecule has 0 unspecified atom stereocenters. The Kier molecular flexibility index (Phi) is 3.35. The van der Waals surface area contributed by atoms with E-state index in [1.54, 1.807) is 0 Å². The van der Waals surface area contributed by atoms with Crippen molar-refractivity contribution in [3.8, 4) is 11.5 Å². The minimum absolute atomic E-state index is 0.233. The first-order valence-corrected chi connectivity index (χ1v) is 6.99. The van der Waals surface area contributed by atoms with Gasteiger partial charge in [0, 0.05) is 11.3 Å². The Hall–Kier alpha value is -2.40. The normalized spacial score (nSPS) is 10.8. The maximum atomic E-state index is 5.92. The summed E-state index contributed by atoms with van der Waals surface area (Å²) in [6.07, 6.45) is 0. The zero-order valence-electron chi connectivity index (χ0n) is 11.8. The molecule has 1 aromatic heterocycles. The van der Waals surface area contributed by atoms with Crippen molar-refractivity contribution >= 4 is 34.1 Å². The van der Waals surface area contributed by atoms with E-state index in [1.807, 2.05) is 50.2 Å². The van der Waals surface area contributed by atoms with E-state index in [0.717, 1.165) is 33.5 Å². The fourth-order valence-corrected chi connectivity index (χ4v) is 2.46. The average molecular weight is 297 g/mol. The molecule has 1 heterocycles. The third-order valence-corrected chi connectivity index (χ3v) is 3.42. The number of thiocarbonyl (C=S) groups is 1. The van der Waals surface area contributed by atoms with Gasteiger partial charge in [-0.3, -0.25) is 0 Å². The minimum atomic E-state index is 0.233. The molecule has 0 aliphatic carbocycles. The van der Waals surface area contributed by atoms with Crippen molar-refractivity contribution in [1.29, 1.82) is 0 Å². The highest BCUT2D eigenvalue weighted by atomic mass is 32.1. The lowest BCUT2D eigenvalue weighted by Gasteiger charge is -2.04. The number of aryl methyl sites for hydroxylation is 2. The van der Waals surface area contributed by atoms with E-state index in [0.29, 0.717) is 5.89 Å². The molecule has 5 heteroatoms. The summed E-state index contributed by atoms with van der Waals surface area (Å²) < 4.78 is 5.92. The molecule has 3 rings (SSSR count). The van der Waals surface area contributed by atoms with Crippen molar-refractivity contribution in [1.82, 2.24) is 4.98 Å². The Labute approximate surface area is 128 Å². The maximum absolute atomic E-state index is 5.92. The number of oxazole rings is 1. The van der Waals surface area contributed by atoms with Crippen LogP contribution in [0.1, 0.15) is 11.1 Å². The van der Waals surface area contributed by atoms with Crippen molar-refractivity contribution in [3.05, 3.63) is 47.5 Å². The van der Waals surface area contributed by atoms with Gasteiger partial charge in [0.2, 0.25) is 5.89 Å². The molecule has 3 N–H and O–H groups in total. The number of hydrogen-bond donors (Lipinski definition) is 2. The summed E-state index contributed by atoms with van der Waals surface area (Å²) in [6.45, 7) is 4.01. The van der Waals surface area contributed by atoms with Gasteiger partial charge in [0.05, 0.1) is 0 Å². The second-order valence-corrected chi connectivity index (χ2v) is 5.40. The van der Waals surface area contributed by atoms with Crippen molar-refractivity contribution < 1.29 is 4.42 Å². The third-order valence-electron chi connectivity index (χ3n) is 3.32. The van der Waals surface area contributed by atoms with E-state index in [1.165, 1.54) is 0 Å². The molecule has 4 nitrogen and oxygen atoms in total. The van der Waals surface area contributed by atoms with Crippen LogP contribution in [0.3, 0.4) is 0 Å². The lowest BCUT2D eigenvalue weighted by atomic mass is 10.1. The van der Waals surface area contributed by atoms with Crippen LogP contribution in [0.4, 0.5) is 5.69 Å². The Morgan fingerprint density at radius 3 is 2.67 bits per heavy atom. The molecule has 0 aliphatic rings. The molecule has 21 heavy (non-hydrogen) atoms. The summed E-state index contributed by atoms with van der Waals surface area (Å²) in [4.78, 5) is 4.58. The molecule has 2 aromatic carbocycles. The molecule has 0 spiro atoms. The lowest BCUT2D eigenvalue weighted by Crippen LogP contribution is -2.18. The molecule has 0 aliphatic heterocycles. The van der Waals surface area contributed by atoms with Crippen molar-refractivity contribution in [2.75, 3.05) is 5.32 Å². The van der Waals surface area contributed by atoms with Crippen LogP contribution < -0.4 is 11.1 Å². The number of fused-ring (bicyclic) bond motifs is 1. The maximum Gasteiger partial charge on any atom is 0.227 e. The first kappa shape index (κ1) is 13.6. The Bertz CT molecular complexity index is 839. The van der Waals surface area contributed by atoms with Gasteiger partial charge >= 0.3 is 0 Å². The van der Waals surface area contributed by atoms with Gasteiger partial charge in [0.25, 0.3) is 0 Å². The highest BCUT2D eigenvalue weighted by Crippen LogP contribution is 2.30. The van der Waals surface area contributed by atoms with Gasteiger partial charge in [0.1, 0.15) is 5.52 Å². The molecule has 0 bridgehead atoms.